The Morgan fingerprint density at radius 1 is 1.33 bits per heavy atom. The zero-order chi connectivity index (χ0) is 22.4. The molecule has 1 fully saturated rings. The quantitative estimate of drug-likeness (QED) is 0.705. The zero-order valence-corrected chi connectivity index (χ0v) is 17.9. The summed E-state index contributed by atoms with van der Waals surface area (Å²) in [5.41, 5.74) is 7.05. The topological polar surface area (TPSA) is 100 Å². The number of nitrogens with two attached hydrogens (primary N) is 1. The normalized spacial score (nSPS) is 19.8. The number of aryl methyl sites for hydroxylation is 2. The van der Waals surface area contributed by atoms with Crippen LogP contribution in [0.4, 0.5) is 19.3 Å². The lowest BCUT2D eigenvalue weighted by Gasteiger charge is -2.37. The lowest BCUT2D eigenvalue weighted by atomic mass is 9.99. The van der Waals surface area contributed by atoms with Crippen LogP contribution in [-0.4, -0.2) is 47.9 Å². The highest BCUT2D eigenvalue weighted by Crippen LogP contribution is 2.37. The standard InChI is InChI=1S/C21H28F2N4O3/c1-10-11(2)25-17-12(19(24)28)8-14(23)18(16(10)17)27-7-6-13(22)15(9-27)26-20(29)30-21(3,4)5/h8,13,15,25H,6-7,9H2,1-5H3,(H2,24,28)(H,26,29)/t13-,15-/m0/s1. The van der Waals surface area contributed by atoms with E-state index in [-0.39, 0.29) is 30.8 Å². The predicted octanol–water partition coefficient (Wildman–Crippen LogP) is 3.46. The summed E-state index contributed by atoms with van der Waals surface area (Å²) in [6.07, 6.45) is -1.90. The van der Waals surface area contributed by atoms with Crippen molar-refractivity contribution in [2.24, 2.45) is 5.73 Å². The Bertz CT molecular complexity index is 997. The molecule has 30 heavy (non-hydrogen) atoms. The van der Waals surface area contributed by atoms with Gasteiger partial charge in [-0.15, -0.1) is 0 Å². The van der Waals surface area contributed by atoms with Gasteiger partial charge in [-0.05, 0) is 52.7 Å². The van der Waals surface area contributed by atoms with E-state index >= 15 is 4.39 Å². The van der Waals surface area contributed by atoms with E-state index in [1.807, 2.05) is 13.8 Å². The monoisotopic (exact) mass is 422 g/mol. The fraction of sp³-hybridized carbons (Fsp3) is 0.524. The number of halogens is 2. The second-order valence-corrected chi connectivity index (χ2v) is 8.75. The van der Waals surface area contributed by atoms with Crippen LogP contribution in [0.5, 0.6) is 0 Å². The van der Waals surface area contributed by atoms with Crippen molar-refractivity contribution >= 4 is 28.6 Å². The molecule has 0 unspecified atom stereocenters. The van der Waals surface area contributed by atoms with Gasteiger partial charge >= 0.3 is 6.09 Å². The first-order chi connectivity index (χ1) is 13.9. The molecule has 164 valence electrons. The molecule has 3 rings (SSSR count). The van der Waals surface area contributed by atoms with Gasteiger partial charge in [-0.2, -0.15) is 0 Å². The number of hydrogen-bond acceptors (Lipinski definition) is 4. The number of alkyl carbamates (subject to hydrolysis) is 1. The molecule has 0 bridgehead atoms. The van der Waals surface area contributed by atoms with Crippen LogP contribution < -0.4 is 16.0 Å². The summed E-state index contributed by atoms with van der Waals surface area (Å²) in [7, 11) is 0. The molecule has 2 amide bonds. The van der Waals surface area contributed by atoms with E-state index in [0.717, 1.165) is 17.3 Å². The Labute approximate surface area is 173 Å². The predicted molar refractivity (Wildman–Crippen MR) is 111 cm³/mol. The van der Waals surface area contributed by atoms with Crippen molar-refractivity contribution in [3.63, 3.8) is 0 Å². The second-order valence-electron chi connectivity index (χ2n) is 8.75. The molecule has 2 aromatic rings. The summed E-state index contributed by atoms with van der Waals surface area (Å²) < 4.78 is 34.9. The molecule has 0 aliphatic carbocycles. The number of fused-ring (bicyclic) bond motifs is 1. The second kappa shape index (κ2) is 7.77. The molecule has 1 aromatic carbocycles. The highest BCUT2D eigenvalue weighted by molar-refractivity contribution is 6.10. The molecule has 0 radical (unpaired) electrons. The largest absolute Gasteiger partial charge is 0.444 e. The number of nitrogens with one attached hydrogen (secondary N) is 2. The summed E-state index contributed by atoms with van der Waals surface area (Å²) in [6.45, 7) is 9.12. The summed E-state index contributed by atoms with van der Waals surface area (Å²) in [4.78, 5) is 28.7. The summed E-state index contributed by atoms with van der Waals surface area (Å²) in [5.74, 6) is -1.36. The van der Waals surface area contributed by atoms with Gasteiger partial charge in [-0.25, -0.2) is 13.6 Å². The van der Waals surface area contributed by atoms with Crippen LogP contribution in [0.3, 0.4) is 0 Å². The molecule has 1 aromatic heterocycles. The van der Waals surface area contributed by atoms with Crippen molar-refractivity contribution in [3.8, 4) is 0 Å². The van der Waals surface area contributed by atoms with Crippen LogP contribution >= 0.6 is 0 Å². The van der Waals surface area contributed by atoms with Crippen LogP contribution in [-0.2, 0) is 4.74 Å². The van der Waals surface area contributed by atoms with Crippen molar-refractivity contribution in [1.82, 2.24) is 10.3 Å². The van der Waals surface area contributed by atoms with E-state index in [4.69, 9.17) is 10.5 Å². The number of carbonyl (C=O) groups is 2. The van der Waals surface area contributed by atoms with Crippen molar-refractivity contribution in [2.75, 3.05) is 18.0 Å². The number of piperidine rings is 1. The average molecular weight is 422 g/mol. The number of benzene rings is 1. The Morgan fingerprint density at radius 3 is 2.60 bits per heavy atom. The number of H-pyrrole nitrogens is 1. The summed E-state index contributed by atoms with van der Waals surface area (Å²) in [6, 6.07) is 0.243. The minimum Gasteiger partial charge on any atom is -0.444 e. The smallest absolute Gasteiger partial charge is 0.408 e. The third kappa shape index (κ3) is 4.20. The molecule has 0 saturated carbocycles. The first-order valence-corrected chi connectivity index (χ1v) is 9.88. The number of anilines is 1. The van der Waals surface area contributed by atoms with Crippen molar-refractivity contribution < 1.29 is 23.1 Å². The van der Waals surface area contributed by atoms with Crippen molar-refractivity contribution in [1.29, 1.82) is 0 Å². The number of ether oxygens (including phenoxy) is 1. The number of aromatic nitrogens is 1. The fourth-order valence-corrected chi connectivity index (χ4v) is 3.83. The number of hydrogen-bond donors (Lipinski definition) is 3. The first kappa shape index (κ1) is 21.9. The van der Waals surface area contributed by atoms with Gasteiger partial charge in [-0.1, -0.05) is 0 Å². The Morgan fingerprint density at radius 2 is 2.00 bits per heavy atom. The molecule has 1 aliphatic rings. The molecule has 1 saturated heterocycles. The van der Waals surface area contributed by atoms with Crippen molar-refractivity contribution in [3.05, 3.63) is 28.7 Å². The Kier molecular flexibility index (Phi) is 5.66. The Hall–Kier alpha value is -2.84. The van der Waals surface area contributed by atoms with E-state index in [2.05, 4.69) is 10.3 Å². The van der Waals surface area contributed by atoms with Crippen LogP contribution in [0.25, 0.3) is 10.9 Å². The van der Waals surface area contributed by atoms with Gasteiger partial charge in [-0.3, -0.25) is 4.79 Å². The van der Waals surface area contributed by atoms with E-state index in [1.165, 1.54) is 0 Å². The minimum atomic E-state index is -1.29. The number of carbonyl (C=O) groups excluding carboxylic acids is 2. The SMILES string of the molecule is Cc1[nH]c2c(C(N)=O)cc(F)c(N3CC[C@H](F)[C@@H](NC(=O)OC(C)(C)C)C3)c2c1C. The molecule has 9 heteroatoms. The van der Waals surface area contributed by atoms with Gasteiger partial charge < -0.3 is 25.7 Å². The van der Waals surface area contributed by atoms with Gasteiger partial charge in [0.25, 0.3) is 5.91 Å². The highest BCUT2D eigenvalue weighted by atomic mass is 19.1. The number of rotatable bonds is 3. The molecule has 2 atom stereocenters. The molecule has 7 nitrogen and oxygen atoms in total. The summed E-state index contributed by atoms with van der Waals surface area (Å²) >= 11 is 0. The van der Waals surface area contributed by atoms with Gasteiger partial charge in [0, 0.05) is 24.2 Å². The van der Waals surface area contributed by atoms with E-state index in [1.54, 1.807) is 25.7 Å². The number of aromatic amines is 1. The van der Waals surface area contributed by atoms with E-state index in [0.29, 0.717) is 10.9 Å². The van der Waals surface area contributed by atoms with E-state index < -0.39 is 35.6 Å². The van der Waals surface area contributed by atoms with Gasteiger partial charge in [0.05, 0.1) is 22.8 Å². The lowest BCUT2D eigenvalue weighted by molar-refractivity contribution is 0.0465. The third-order valence-electron chi connectivity index (χ3n) is 5.32. The highest BCUT2D eigenvalue weighted by Gasteiger charge is 2.34. The molecule has 1 aliphatic heterocycles. The average Bonchev–Trinajstić information content (AvgIpc) is 2.90. The molecular formula is C21H28F2N4O3. The van der Waals surface area contributed by atoms with Gasteiger partial charge in [0.2, 0.25) is 0 Å². The van der Waals surface area contributed by atoms with Gasteiger partial charge in [0.15, 0.2) is 0 Å². The molecule has 4 N–H and O–H groups in total. The van der Waals surface area contributed by atoms with Crippen molar-refractivity contribution in [2.45, 2.75) is 58.9 Å². The first-order valence-electron chi connectivity index (χ1n) is 9.88. The van der Waals surface area contributed by atoms with Crippen LogP contribution in [0, 0.1) is 19.7 Å². The number of alkyl halides is 1. The van der Waals surface area contributed by atoms with E-state index in [9.17, 15) is 14.0 Å². The van der Waals surface area contributed by atoms with Crippen LogP contribution in [0.1, 0.15) is 48.8 Å². The number of nitrogens with zero attached hydrogens (tertiary/aromatic N) is 1. The molecule has 2 heterocycles. The lowest BCUT2D eigenvalue weighted by Crippen LogP contribution is -2.54. The maximum absolute atomic E-state index is 15.2. The van der Waals surface area contributed by atoms with Gasteiger partial charge in [0.1, 0.15) is 17.6 Å². The maximum Gasteiger partial charge on any atom is 0.408 e. The number of amides is 2. The van der Waals surface area contributed by atoms with Crippen LogP contribution in [0.2, 0.25) is 0 Å². The molecular weight excluding hydrogens is 394 g/mol. The zero-order valence-electron chi connectivity index (χ0n) is 17.9. The number of primary amides is 1. The fourth-order valence-electron chi connectivity index (χ4n) is 3.83. The minimum absolute atomic E-state index is 0.0613. The summed E-state index contributed by atoms with van der Waals surface area (Å²) in [5, 5.41) is 3.10. The molecule has 0 spiro atoms. The third-order valence-corrected chi connectivity index (χ3v) is 5.32. The van der Waals surface area contributed by atoms with Crippen LogP contribution in [0.15, 0.2) is 6.07 Å². The maximum atomic E-state index is 15.2. The Balaban J connectivity index is 1.97.